The largest absolute Gasteiger partial charge is 0.376 e. The smallest absolute Gasteiger partial charge is 0.145 e. The summed E-state index contributed by atoms with van der Waals surface area (Å²) in [5.41, 5.74) is 6.20. The number of nitrogens with zero attached hydrogens (tertiary/aromatic N) is 1. The maximum Gasteiger partial charge on any atom is 0.145 e. The van der Waals surface area contributed by atoms with Crippen molar-refractivity contribution in [2.45, 2.75) is 77.7 Å². The number of fused-ring (bicyclic) bond motifs is 3. The molecule has 1 heterocycles. The van der Waals surface area contributed by atoms with E-state index in [0.29, 0.717) is 23.4 Å². The molecule has 2 bridgehead atoms. The number of aromatic nitrogens is 1. The van der Waals surface area contributed by atoms with Crippen molar-refractivity contribution in [3.63, 3.8) is 0 Å². The average molecular weight is 426 g/mol. The van der Waals surface area contributed by atoms with E-state index in [9.17, 15) is 0 Å². The summed E-state index contributed by atoms with van der Waals surface area (Å²) in [7, 11) is 0. The molecule has 4 fully saturated rings. The summed E-state index contributed by atoms with van der Waals surface area (Å²) >= 11 is 6.56. The van der Waals surface area contributed by atoms with E-state index in [-0.39, 0.29) is 0 Å². The van der Waals surface area contributed by atoms with Crippen molar-refractivity contribution in [1.29, 1.82) is 0 Å². The molecule has 1 aromatic carbocycles. The van der Waals surface area contributed by atoms with Crippen molar-refractivity contribution >= 4 is 11.6 Å². The Kier molecular flexibility index (Phi) is 5.10. The molecule has 0 radical (unpaired) electrons. The van der Waals surface area contributed by atoms with E-state index in [1.165, 1.54) is 56.9 Å². The second-order valence-corrected chi connectivity index (χ2v) is 10.5. The van der Waals surface area contributed by atoms with Crippen LogP contribution in [0.15, 0.2) is 34.9 Å². The first-order chi connectivity index (χ1) is 14.4. The Bertz CT molecular complexity index is 927. The number of aryl methyl sites for hydroxylation is 1. The summed E-state index contributed by atoms with van der Waals surface area (Å²) in [5.74, 6) is 1.50. The quantitative estimate of drug-likeness (QED) is 0.428. The van der Waals surface area contributed by atoms with Crippen molar-refractivity contribution < 1.29 is 9.26 Å². The van der Waals surface area contributed by atoms with Crippen LogP contribution in [-0.2, 0) is 11.3 Å². The molecule has 6 rings (SSSR count). The number of allylic oxidation sites excluding steroid dienone is 1. The minimum absolute atomic E-state index is 0.342. The molecule has 1 aromatic heterocycles. The maximum atomic E-state index is 6.56. The first-order valence-electron chi connectivity index (χ1n) is 11.4. The summed E-state index contributed by atoms with van der Waals surface area (Å²) in [6.07, 6.45) is 9.95. The van der Waals surface area contributed by atoms with Crippen LogP contribution in [0.25, 0.3) is 11.3 Å². The zero-order chi connectivity index (χ0) is 20.9. The molecule has 0 atom stereocenters. The molecular weight excluding hydrogens is 394 g/mol. The molecule has 30 heavy (non-hydrogen) atoms. The minimum atomic E-state index is 0.342. The molecule has 0 unspecified atom stereocenters. The van der Waals surface area contributed by atoms with Gasteiger partial charge >= 0.3 is 0 Å². The minimum Gasteiger partial charge on any atom is -0.376 e. The summed E-state index contributed by atoms with van der Waals surface area (Å²) < 4.78 is 12.3. The Morgan fingerprint density at radius 3 is 2.50 bits per heavy atom. The van der Waals surface area contributed by atoms with Crippen molar-refractivity contribution in [3.8, 4) is 11.3 Å². The van der Waals surface area contributed by atoms with Crippen LogP contribution in [0.3, 0.4) is 0 Å². The van der Waals surface area contributed by atoms with Crippen LogP contribution in [0.4, 0.5) is 0 Å². The van der Waals surface area contributed by atoms with Crippen molar-refractivity contribution in [3.05, 3.63) is 52.3 Å². The molecule has 0 N–H and O–H groups in total. The summed E-state index contributed by atoms with van der Waals surface area (Å²) in [5, 5.41) is 5.18. The van der Waals surface area contributed by atoms with Crippen LogP contribution >= 0.6 is 11.6 Å². The lowest BCUT2D eigenvalue weighted by Crippen LogP contribution is -2.44. The highest BCUT2D eigenvalue weighted by Gasteiger charge is 2.49. The van der Waals surface area contributed by atoms with Gasteiger partial charge in [-0.15, -0.1) is 0 Å². The Morgan fingerprint density at radius 1 is 1.20 bits per heavy atom. The maximum absolute atomic E-state index is 6.56. The van der Waals surface area contributed by atoms with Gasteiger partial charge in [-0.2, -0.15) is 0 Å². The van der Waals surface area contributed by atoms with Gasteiger partial charge in [-0.1, -0.05) is 41.0 Å². The van der Waals surface area contributed by atoms with Gasteiger partial charge in [-0.3, -0.25) is 0 Å². The second kappa shape index (κ2) is 7.53. The van der Waals surface area contributed by atoms with Crippen LogP contribution in [0, 0.1) is 17.8 Å². The highest BCUT2D eigenvalue weighted by molar-refractivity contribution is 6.33. The fraction of sp³-hybridized carbons (Fsp3) is 0.577. The Balaban J connectivity index is 1.34. The van der Waals surface area contributed by atoms with E-state index in [1.54, 1.807) is 0 Å². The molecule has 2 aromatic rings. The summed E-state index contributed by atoms with van der Waals surface area (Å²) in [6, 6.07) is 5.99. The van der Waals surface area contributed by atoms with Crippen LogP contribution in [0.1, 0.15) is 81.1 Å². The number of hydrogen-bond acceptors (Lipinski definition) is 3. The predicted molar refractivity (Wildman–Crippen MR) is 121 cm³/mol. The SMILES string of the molecule is C=C(C)C12CCC(COCc3c(-c4c(C)cccc4Cl)noc3C3CC3)(CC1)CC2. The molecular formula is C26H32ClNO2. The van der Waals surface area contributed by atoms with Gasteiger partial charge in [0.05, 0.1) is 18.2 Å². The first kappa shape index (κ1) is 20.3. The van der Waals surface area contributed by atoms with Crippen LogP contribution in [0.2, 0.25) is 5.02 Å². The Hall–Kier alpha value is -1.58. The lowest BCUT2D eigenvalue weighted by atomic mass is 9.52. The summed E-state index contributed by atoms with van der Waals surface area (Å²) in [6.45, 7) is 9.98. The zero-order valence-corrected chi connectivity index (χ0v) is 19.0. The third-order valence-electron chi connectivity index (χ3n) is 8.19. The van der Waals surface area contributed by atoms with E-state index in [2.05, 4.69) is 31.6 Å². The molecule has 0 saturated heterocycles. The molecule has 3 nitrogen and oxygen atoms in total. The first-order valence-corrected chi connectivity index (χ1v) is 11.8. The van der Waals surface area contributed by atoms with Gasteiger partial charge in [0.15, 0.2) is 0 Å². The number of rotatable bonds is 7. The van der Waals surface area contributed by atoms with Crippen molar-refractivity contribution in [2.75, 3.05) is 6.61 Å². The highest BCUT2D eigenvalue weighted by atomic mass is 35.5. The monoisotopic (exact) mass is 425 g/mol. The van der Waals surface area contributed by atoms with Crippen molar-refractivity contribution in [2.24, 2.45) is 10.8 Å². The second-order valence-electron chi connectivity index (χ2n) is 10.1. The zero-order valence-electron chi connectivity index (χ0n) is 18.2. The van der Waals surface area contributed by atoms with E-state index in [0.717, 1.165) is 39.8 Å². The van der Waals surface area contributed by atoms with Crippen molar-refractivity contribution in [1.82, 2.24) is 5.16 Å². The third kappa shape index (κ3) is 3.44. The molecule has 0 aliphatic heterocycles. The van der Waals surface area contributed by atoms with Gasteiger partial charge < -0.3 is 9.26 Å². The fourth-order valence-electron chi connectivity index (χ4n) is 5.75. The number of hydrogen-bond donors (Lipinski definition) is 0. The van der Waals surface area contributed by atoms with E-state index in [1.807, 2.05) is 12.1 Å². The number of benzene rings is 1. The molecule has 0 spiro atoms. The molecule has 4 aliphatic rings. The Morgan fingerprint density at radius 2 is 1.90 bits per heavy atom. The van der Waals surface area contributed by atoms with E-state index < -0.39 is 0 Å². The highest BCUT2D eigenvalue weighted by Crippen LogP contribution is 2.59. The van der Waals surface area contributed by atoms with Gasteiger partial charge in [0.25, 0.3) is 0 Å². The normalized spacial score (nSPS) is 28.1. The molecule has 4 aliphatic carbocycles. The number of halogens is 1. The average Bonchev–Trinajstić information content (AvgIpc) is 3.51. The van der Waals surface area contributed by atoms with Crippen LogP contribution in [0.5, 0.6) is 0 Å². The molecule has 4 saturated carbocycles. The molecule has 4 heteroatoms. The molecule has 0 amide bonds. The third-order valence-corrected chi connectivity index (χ3v) is 8.50. The summed E-state index contributed by atoms with van der Waals surface area (Å²) in [4.78, 5) is 0. The van der Waals surface area contributed by atoms with Gasteiger partial charge in [-0.05, 0) is 87.7 Å². The van der Waals surface area contributed by atoms with E-state index >= 15 is 0 Å². The van der Waals surface area contributed by atoms with Crippen LogP contribution < -0.4 is 0 Å². The van der Waals surface area contributed by atoms with E-state index in [4.69, 9.17) is 20.9 Å². The van der Waals surface area contributed by atoms with Gasteiger partial charge in [0.2, 0.25) is 0 Å². The lowest BCUT2D eigenvalue weighted by Gasteiger charge is -2.54. The standard InChI is InChI=1S/C26H32ClNO2/c1-17(2)26-12-9-25(10-13-26,11-14-26)16-29-15-20-23(28-30-24(20)19-7-8-19)22-18(3)5-4-6-21(22)27/h4-6,19H,1,7-16H2,2-3H3. The van der Waals surface area contributed by atoms with Crippen LogP contribution in [-0.4, -0.2) is 11.8 Å². The number of ether oxygens (including phenoxy) is 1. The van der Waals surface area contributed by atoms with Gasteiger partial charge in [-0.25, -0.2) is 0 Å². The fourth-order valence-corrected chi connectivity index (χ4v) is 6.06. The lowest BCUT2D eigenvalue weighted by molar-refractivity contribution is -0.0557. The molecule has 160 valence electrons. The topological polar surface area (TPSA) is 35.3 Å². The Labute approximate surface area is 184 Å². The predicted octanol–water partition coefficient (Wildman–Crippen LogP) is 7.61. The van der Waals surface area contributed by atoms with Gasteiger partial charge in [0, 0.05) is 17.0 Å². The van der Waals surface area contributed by atoms with Gasteiger partial charge in [0.1, 0.15) is 11.5 Å².